The van der Waals surface area contributed by atoms with E-state index < -0.39 is 0 Å². The molecule has 2 fully saturated rings. The number of halogens is 1. The molecule has 0 unspecified atom stereocenters. The normalized spacial score (nSPS) is 21.1. The fraction of sp³-hybridized carbons (Fsp3) is 0.562. The van der Waals surface area contributed by atoms with Gasteiger partial charge in [0.05, 0.1) is 6.04 Å². The lowest BCUT2D eigenvalue weighted by Gasteiger charge is -2.36. The minimum atomic E-state index is 0.455. The minimum Gasteiger partial charge on any atom is -0.370 e. The van der Waals surface area contributed by atoms with Crippen LogP contribution in [0, 0.1) is 0 Å². The molecule has 0 bridgehead atoms. The van der Waals surface area contributed by atoms with E-state index in [1.165, 1.54) is 31.4 Å². The molecule has 0 atom stereocenters. The summed E-state index contributed by atoms with van der Waals surface area (Å²) in [4.78, 5) is 9.25. The number of nitrogens with zero attached hydrogens (tertiary/aromatic N) is 3. The number of guanidine groups is 1. The highest BCUT2D eigenvalue weighted by Crippen LogP contribution is 2.22. The first-order valence-electron chi connectivity index (χ1n) is 7.81. The third kappa shape index (κ3) is 3.62. The van der Waals surface area contributed by atoms with Crippen molar-refractivity contribution in [2.75, 3.05) is 31.1 Å². The number of aliphatic imine (C=N–C) groups is 1. The molecule has 2 N–H and O–H groups in total. The van der Waals surface area contributed by atoms with Gasteiger partial charge in [0.1, 0.15) is 0 Å². The first-order valence-corrected chi connectivity index (χ1v) is 8.19. The van der Waals surface area contributed by atoms with Crippen LogP contribution in [-0.2, 0) is 0 Å². The van der Waals surface area contributed by atoms with Crippen LogP contribution in [0.4, 0.5) is 5.69 Å². The number of benzene rings is 1. The third-order valence-corrected chi connectivity index (χ3v) is 4.65. The number of rotatable bonds is 2. The maximum atomic E-state index is 6.17. The Labute approximate surface area is 131 Å². The summed E-state index contributed by atoms with van der Waals surface area (Å²) in [7, 11) is 0. The SMILES string of the molecule is NC(=NC1CCCC1)N1CCN(c2cccc(Cl)c2)CC1. The molecule has 114 valence electrons. The second-order valence-corrected chi connectivity index (χ2v) is 6.32. The fourth-order valence-electron chi connectivity index (χ4n) is 3.17. The first kappa shape index (κ1) is 14.5. The molecule has 1 aromatic rings. The molecule has 0 aromatic heterocycles. The topological polar surface area (TPSA) is 44.9 Å². The van der Waals surface area contributed by atoms with Crippen molar-refractivity contribution in [3.05, 3.63) is 29.3 Å². The van der Waals surface area contributed by atoms with Crippen LogP contribution in [0.1, 0.15) is 25.7 Å². The molecule has 5 heteroatoms. The van der Waals surface area contributed by atoms with Crippen LogP contribution < -0.4 is 10.6 Å². The highest BCUT2D eigenvalue weighted by molar-refractivity contribution is 6.30. The summed E-state index contributed by atoms with van der Waals surface area (Å²) in [5.41, 5.74) is 7.36. The Bertz CT molecular complexity index is 503. The average Bonchev–Trinajstić information content (AvgIpc) is 3.00. The summed E-state index contributed by atoms with van der Waals surface area (Å²) in [5, 5.41) is 0.789. The number of anilines is 1. The van der Waals surface area contributed by atoms with Crippen LogP contribution in [0.2, 0.25) is 5.02 Å². The maximum absolute atomic E-state index is 6.17. The van der Waals surface area contributed by atoms with Crippen LogP contribution >= 0.6 is 11.6 Å². The van der Waals surface area contributed by atoms with Crippen LogP contribution in [0.25, 0.3) is 0 Å². The van der Waals surface area contributed by atoms with Crippen molar-refractivity contribution in [2.24, 2.45) is 10.7 Å². The number of hydrogen-bond donors (Lipinski definition) is 1. The molecule has 2 aliphatic rings. The van der Waals surface area contributed by atoms with E-state index in [1.807, 2.05) is 18.2 Å². The van der Waals surface area contributed by atoms with Crippen LogP contribution in [0.15, 0.2) is 29.3 Å². The van der Waals surface area contributed by atoms with Crippen LogP contribution in [0.5, 0.6) is 0 Å². The monoisotopic (exact) mass is 306 g/mol. The molecule has 3 rings (SSSR count). The maximum Gasteiger partial charge on any atom is 0.191 e. The Morgan fingerprint density at radius 2 is 1.86 bits per heavy atom. The summed E-state index contributed by atoms with van der Waals surface area (Å²) >= 11 is 6.06. The molecule has 1 saturated heterocycles. The highest BCUT2D eigenvalue weighted by atomic mass is 35.5. The van der Waals surface area contributed by atoms with E-state index >= 15 is 0 Å². The Morgan fingerprint density at radius 3 is 2.52 bits per heavy atom. The van der Waals surface area contributed by atoms with Gasteiger partial charge in [0, 0.05) is 36.9 Å². The molecule has 0 amide bonds. The highest BCUT2D eigenvalue weighted by Gasteiger charge is 2.20. The zero-order valence-electron chi connectivity index (χ0n) is 12.3. The molecule has 1 heterocycles. The van der Waals surface area contributed by atoms with Gasteiger partial charge in [0.2, 0.25) is 0 Å². The molecule has 1 aliphatic carbocycles. The smallest absolute Gasteiger partial charge is 0.191 e. The lowest BCUT2D eigenvalue weighted by Crippen LogP contribution is -2.51. The van der Waals surface area contributed by atoms with E-state index in [2.05, 4.69) is 15.9 Å². The zero-order valence-corrected chi connectivity index (χ0v) is 13.1. The summed E-state index contributed by atoms with van der Waals surface area (Å²) in [6, 6.07) is 8.49. The summed E-state index contributed by atoms with van der Waals surface area (Å²) in [6.07, 6.45) is 4.99. The Morgan fingerprint density at radius 1 is 1.14 bits per heavy atom. The van der Waals surface area contributed by atoms with Gasteiger partial charge >= 0.3 is 0 Å². The van der Waals surface area contributed by atoms with E-state index in [1.54, 1.807) is 0 Å². The Hall–Kier alpha value is -1.42. The predicted octanol–water partition coefficient (Wildman–Crippen LogP) is 2.72. The molecule has 1 aromatic carbocycles. The van der Waals surface area contributed by atoms with Gasteiger partial charge in [-0.05, 0) is 31.0 Å². The summed E-state index contributed by atoms with van der Waals surface area (Å²) < 4.78 is 0. The van der Waals surface area contributed by atoms with Crippen molar-refractivity contribution in [1.82, 2.24) is 4.90 Å². The van der Waals surface area contributed by atoms with Crippen LogP contribution in [-0.4, -0.2) is 43.1 Å². The second-order valence-electron chi connectivity index (χ2n) is 5.88. The van der Waals surface area contributed by atoms with E-state index in [0.717, 1.165) is 37.2 Å². The van der Waals surface area contributed by atoms with Crippen molar-refractivity contribution in [2.45, 2.75) is 31.7 Å². The van der Waals surface area contributed by atoms with Crippen molar-refractivity contribution in [3.8, 4) is 0 Å². The second kappa shape index (κ2) is 6.56. The van der Waals surface area contributed by atoms with Gasteiger partial charge in [-0.2, -0.15) is 0 Å². The van der Waals surface area contributed by atoms with Crippen molar-refractivity contribution >= 4 is 23.2 Å². The van der Waals surface area contributed by atoms with Gasteiger partial charge in [-0.1, -0.05) is 30.5 Å². The van der Waals surface area contributed by atoms with Gasteiger partial charge in [-0.3, -0.25) is 0 Å². The molecule has 0 spiro atoms. The third-order valence-electron chi connectivity index (χ3n) is 4.42. The van der Waals surface area contributed by atoms with Crippen molar-refractivity contribution < 1.29 is 0 Å². The quantitative estimate of drug-likeness (QED) is 0.675. The standard InChI is InChI=1S/C16H23ClN4/c17-13-4-3-7-15(12-13)20-8-10-21(11-9-20)16(18)19-14-5-1-2-6-14/h3-4,7,12,14H,1-2,5-6,8-11H2,(H2,18,19). The molecule has 4 nitrogen and oxygen atoms in total. The van der Waals surface area contributed by atoms with Gasteiger partial charge < -0.3 is 15.5 Å². The molecular formula is C16H23ClN4. The van der Waals surface area contributed by atoms with E-state index in [0.29, 0.717) is 6.04 Å². The van der Waals surface area contributed by atoms with Gasteiger partial charge in [-0.15, -0.1) is 0 Å². The average molecular weight is 307 g/mol. The lowest BCUT2D eigenvalue weighted by atomic mass is 10.2. The van der Waals surface area contributed by atoms with Gasteiger partial charge in [0.25, 0.3) is 0 Å². The largest absolute Gasteiger partial charge is 0.370 e. The summed E-state index contributed by atoms with van der Waals surface area (Å²) in [6.45, 7) is 3.77. The molecule has 1 saturated carbocycles. The molecule has 21 heavy (non-hydrogen) atoms. The van der Waals surface area contributed by atoms with Crippen molar-refractivity contribution in [1.29, 1.82) is 0 Å². The predicted molar refractivity (Wildman–Crippen MR) is 89.1 cm³/mol. The number of piperazine rings is 1. The Balaban J connectivity index is 1.57. The molecule has 0 radical (unpaired) electrons. The minimum absolute atomic E-state index is 0.455. The van der Waals surface area contributed by atoms with Crippen LogP contribution in [0.3, 0.4) is 0 Å². The zero-order chi connectivity index (χ0) is 14.7. The fourth-order valence-corrected chi connectivity index (χ4v) is 3.35. The molecule has 1 aliphatic heterocycles. The van der Waals surface area contributed by atoms with Gasteiger partial charge in [-0.25, -0.2) is 4.99 Å². The molecular weight excluding hydrogens is 284 g/mol. The number of hydrogen-bond acceptors (Lipinski definition) is 2. The van der Waals surface area contributed by atoms with E-state index in [9.17, 15) is 0 Å². The van der Waals surface area contributed by atoms with E-state index in [-0.39, 0.29) is 0 Å². The summed E-state index contributed by atoms with van der Waals surface area (Å²) in [5.74, 6) is 0.729. The lowest BCUT2D eigenvalue weighted by molar-refractivity contribution is 0.379. The van der Waals surface area contributed by atoms with E-state index in [4.69, 9.17) is 22.3 Å². The van der Waals surface area contributed by atoms with Gasteiger partial charge in [0.15, 0.2) is 5.96 Å². The number of nitrogens with two attached hydrogens (primary N) is 1. The van der Waals surface area contributed by atoms with Crippen molar-refractivity contribution in [3.63, 3.8) is 0 Å². The first-order chi connectivity index (χ1) is 10.2. The Kier molecular flexibility index (Phi) is 4.54.